The second-order valence-electron chi connectivity index (χ2n) is 8.66. The first-order valence-corrected chi connectivity index (χ1v) is 9.25. The summed E-state index contributed by atoms with van der Waals surface area (Å²) >= 11 is 0. The molecule has 27 heavy (non-hydrogen) atoms. The molecule has 0 radical (unpaired) electrons. The average Bonchev–Trinajstić information content (AvgIpc) is 2.79. The molecule has 0 aromatic rings. The summed E-state index contributed by atoms with van der Waals surface area (Å²) < 4.78 is 15.2. The first-order chi connectivity index (χ1) is 12.5. The summed E-state index contributed by atoms with van der Waals surface area (Å²) in [7, 11) is 0. The third kappa shape index (κ3) is 3.42. The summed E-state index contributed by atoms with van der Waals surface area (Å²) in [5.74, 6) is -0.457. The van der Waals surface area contributed by atoms with Crippen LogP contribution in [0.3, 0.4) is 0 Å². The summed E-state index contributed by atoms with van der Waals surface area (Å²) in [4.78, 5) is 38.7. The van der Waals surface area contributed by atoms with Crippen LogP contribution in [0.2, 0.25) is 0 Å². The maximum atomic E-state index is 15.2. The lowest BCUT2D eigenvalue weighted by Crippen LogP contribution is -2.64. The van der Waals surface area contributed by atoms with Crippen LogP contribution in [0.5, 0.6) is 0 Å². The first kappa shape index (κ1) is 19.7. The molecule has 3 aliphatic heterocycles. The molecule has 3 heterocycles. The van der Waals surface area contributed by atoms with E-state index in [0.29, 0.717) is 17.9 Å². The van der Waals surface area contributed by atoms with Crippen LogP contribution >= 0.6 is 0 Å². The van der Waals surface area contributed by atoms with Crippen molar-refractivity contribution < 1.29 is 29.1 Å². The van der Waals surface area contributed by atoms with Crippen molar-refractivity contribution in [1.82, 2.24) is 20.2 Å². The van der Waals surface area contributed by atoms with Gasteiger partial charge in [0, 0.05) is 13.1 Å². The number of piperidine rings is 2. The Morgan fingerprint density at radius 3 is 2.48 bits per heavy atom. The van der Waals surface area contributed by atoms with E-state index in [1.165, 1.54) is 4.90 Å². The van der Waals surface area contributed by atoms with Crippen molar-refractivity contribution in [2.75, 3.05) is 13.1 Å². The Morgan fingerprint density at radius 2 is 1.89 bits per heavy atom. The van der Waals surface area contributed by atoms with Crippen molar-refractivity contribution in [2.45, 2.75) is 70.4 Å². The van der Waals surface area contributed by atoms with E-state index in [2.05, 4.69) is 5.32 Å². The molecule has 0 aromatic heterocycles. The van der Waals surface area contributed by atoms with E-state index < -0.39 is 47.7 Å². The zero-order chi connectivity index (χ0) is 20.1. The maximum Gasteiger partial charge on any atom is 0.407 e. The number of hydrogen-bond acceptors (Lipinski definition) is 4. The molecule has 0 aliphatic carbocycles. The smallest absolute Gasteiger partial charge is 0.407 e. The lowest BCUT2D eigenvalue weighted by molar-refractivity contribution is -0.128. The van der Waals surface area contributed by atoms with Crippen molar-refractivity contribution >= 4 is 18.0 Å². The number of nitrogens with zero attached hydrogens (tertiary/aromatic N) is 3. The molecule has 10 heteroatoms. The number of carbonyl (C=O) groups is 3. The minimum Gasteiger partial charge on any atom is -0.465 e. The van der Waals surface area contributed by atoms with Gasteiger partial charge < -0.3 is 20.2 Å². The Balaban J connectivity index is 1.71. The number of halogens is 1. The molecule has 3 fully saturated rings. The number of nitrogens with one attached hydrogen (secondary N) is 1. The number of alkyl halides is 1. The Morgan fingerprint density at radius 1 is 1.22 bits per heavy atom. The number of amides is 4. The Labute approximate surface area is 157 Å². The number of urea groups is 1. The maximum absolute atomic E-state index is 15.2. The third-order valence-electron chi connectivity index (χ3n) is 5.81. The van der Waals surface area contributed by atoms with Crippen LogP contribution in [0.1, 0.15) is 40.0 Å². The number of hydroxylamine groups is 2. The van der Waals surface area contributed by atoms with Gasteiger partial charge in [-0.05, 0) is 24.7 Å². The Kier molecular flexibility index (Phi) is 4.96. The van der Waals surface area contributed by atoms with Gasteiger partial charge in [-0.3, -0.25) is 10.0 Å². The molecular formula is C17H27FN4O5. The summed E-state index contributed by atoms with van der Waals surface area (Å²) in [6.45, 7) is 5.70. The zero-order valence-electron chi connectivity index (χ0n) is 15.8. The fourth-order valence-electron chi connectivity index (χ4n) is 4.48. The third-order valence-corrected chi connectivity index (χ3v) is 5.81. The minimum absolute atomic E-state index is 0.127. The van der Waals surface area contributed by atoms with Gasteiger partial charge in [0.2, 0.25) is 5.91 Å². The normalized spacial score (nSPS) is 34.0. The van der Waals surface area contributed by atoms with E-state index in [0.717, 1.165) is 4.90 Å². The molecule has 3 saturated heterocycles. The van der Waals surface area contributed by atoms with Gasteiger partial charge in [0.25, 0.3) is 0 Å². The van der Waals surface area contributed by atoms with Crippen LogP contribution < -0.4 is 5.32 Å². The van der Waals surface area contributed by atoms with Crippen molar-refractivity contribution in [3.63, 3.8) is 0 Å². The first-order valence-electron chi connectivity index (χ1n) is 9.25. The van der Waals surface area contributed by atoms with Gasteiger partial charge in [0.1, 0.15) is 12.2 Å². The van der Waals surface area contributed by atoms with Crippen molar-refractivity contribution in [3.8, 4) is 0 Å². The highest BCUT2D eigenvalue weighted by Crippen LogP contribution is 2.35. The molecule has 5 atom stereocenters. The van der Waals surface area contributed by atoms with Crippen LogP contribution in [0, 0.1) is 5.41 Å². The van der Waals surface area contributed by atoms with Gasteiger partial charge in [-0.2, -0.15) is 0 Å². The van der Waals surface area contributed by atoms with Crippen LogP contribution in [-0.2, 0) is 4.79 Å². The molecule has 1 unspecified atom stereocenters. The van der Waals surface area contributed by atoms with Crippen molar-refractivity contribution in [2.24, 2.45) is 5.41 Å². The largest absolute Gasteiger partial charge is 0.465 e. The van der Waals surface area contributed by atoms with Crippen LogP contribution in [0.15, 0.2) is 0 Å². The Hall–Kier alpha value is -2.10. The van der Waals surface area contributed by atoms with E-state index >= 15 is 4.39 Å². The Bertz CT molecular complexity index is 639. The lowest BCUT2D eigenvalue weighted by atomic mass is 9.78. The summed E-state index contributed by atoms with van der Waals surface area (Å²) in [6, 6.07) is -3.37. The monoisotopic (exact) mass is 386 g/mol. The number of hydrogen-bond donors (Lipinski definition) is 3. The molecule has 2 bridgehead atoms. The number of carbonyl (C=O) groups excluding carboxylic acids is 2. The van der Waals surface area contributed by atoms with Crippen LogP contribution in [0.25, 0.3) is 0 Å². The van der Waals surface area contributed by atoms with Gasteiger partial charge in [-0.25, -0.2) is 19.0 Å². The minimum atomic E-state index is -1.56. The highest BCUT2D eigenvalue weighted by molar-refractivity contribution is 5.88. The number of carboxylic acid groups (broad SMARTS) is 1. The van der Waals surface area contributed by atoms with E-state index in [-0.39, 0.29) is 25.6 Å². The van der Waals surface area contributed by atoms with Crippen LogP contribution in [-0.4, -0.2) is 86.6 Å². The molecule has 0 spiro atoms. The molecule has 3 rings (SSSR count). The molecule has 3 N–H and O–H groups in total. The predicted octanol–water partition coefficient (Wildman–Crippen LogP) is 1.27. The van der Waals surface area contributed by atoms with Crippen molar-refractivity contribution in [3.05, 3.63) is 0 Å². The quantitative estimate of drug-likeness (QED) is 0.619. The number of likely N-dealkylation sites (tertiary alicyclic amines) is 1. The predicted molar refractivity (Wildman–Crippen MR) is 92.0 cm³/mol. The average molecular weight is 386 g/mol. The van der Waals surface area contributed by atoms with E-state index in [9.17, 15) is 24.7 Å². The second kappa shape index (κ2) is 6.81. The van der Waals surface area contributed by atoms with Crippen LogP contribution in [0.4, 0.5) is 14.0 Å². The van der Waals surface area contributed by atoms with Gasteiger partial charge >= 0.3 is 12.1 Å². The molecule has 4 amide bonds. The molecule has 3 aliphatic rings. The van der Waals surface area contributed by atoms with Gasteiger partial charge in [-0.1, -0.05) is 20.8 Å². The van der Waals surface area contributed by atoms with Gasteiger partial charge in [0.15, 0.2) is 0 Å². The highest BCUT2D eigenvalue weighted by Gasteiger charge is 2.50. The van der Waals surface area contributed by atoms with Crippen molar-refractivity contribution in [1.29, 1.82) is 0 Å². The lowest BCUT2D eigenvalue weighted by Gasteiger charge is -2.47. The molecule has 9 nitrogen and oxygen atoms in total. The topological polar surface area (TPSA) is 113 Å². The zero-order valence-corrected chi connectivity index (χ0v) is 15.8. The van der Waals surface area contributed by atoms with Gasteiger partial charge in [0.05, 0.1) is 18.1 Å². The molecule has 0 aromatic carbocycles. The molecular weight excluding hydrogens is 359 g/mol. The summed E-state index contributed by atoms with van der Waals surface area (Å²) in [5, 5.41) is 22.5. The van der Waals surface area contributed by atoms with E-state index in [1.54, 1.807) is 20.8 Å². The SMILES string of the molecule is CC(C)(C)C1[C@H](F)[C@@H](NC(=O)[C@@H]2CC[C@@H]3CN2C(=O)N3O)CCN1C(=O)O. The summed E-state index contributed by atoms with van der Waals surface area (Å²) in [5.41, 5.74) is -0.637. The second-order valence-corrected chi connectivity index (χ2v) is 8.66. The highest BCUT2D eigenvalue weighted by atomic mass is 19.1. The van der Waals surface area contributed by atoms with Gasteiger partial charge in [-0.15, -0.1) is 0 Å². The van der Waals surface area contributed by atoms with E-state index in [4.69, 9.17) is 0 Å². The fraction of sp³-hybridized carbons (Fsp3) is 0.824. The standard InChI is InChI=1S/C17H27FN4O5/c1-17(2,3)13-12(18)10(6-7-20(13)16(25)26)19-14(23)11-5-4-9-8-21(11)15(24)22(9)27/h9-13,27H,4-8H2,1-3H3,(H,19,23)(H,25,26)/t9-,10+,11+,12-,13?/m1/s1. The summed E-state index contributed by atoms with van der Waals surface area (Å²) in [6.07, 6.45) is -1.67. The number of rotatable bonds is 2. The molecule has 0 saturated carbocycles. The molecule has 152 valence electrons. The fourth-order valence-corrected chi connectivity index (χ4v) is 4.48. The number of fused-ring (bicyclic) bond motifs is 2. The van der Waals surface area contributed by atoms with E-state index in [1.807, 2.05) is 0 Å².